The molecule has 1 aromatic carbocycles. The fraction of sp³-hybridized carbons (Fsp3) is 0.0556. The van der Waals surface area contributed by atoms with Crippen LogP contribution in [0.2, 0.25) is 0 Å². The molecule has 112 valence electrons. The lowest BCUT2D eigenvalue weighted by Crippen LogP contribution is -2.20. The van der Waals surface area contributed by atoms with E-state index in [0.29, 0.717) is 11.2 Å². The molecule has 0 radical (unpaired) electrons. The van der Waals surface area contributed by atoms with E-state index in [0.717, 1.165) is 22.2 Å². The Morgan fingerprint density at radius 1 is 1.09 bits per heavy atom. The molecule has 3 heterocycles. The zero-order valence-electron chi connectivity index (χ0n) is 12.2. The van der Waals surface area contributed by atoms with E-state index in [-0.39, 0.29) is 5.56 Å². The maximum atomic E-state index is 12.7. The minimum absolute atomic E-state index is 0.000932. The average molecular weight is 319 g/mol. The largest absolute Gasteiger partial charge is 0.294 e. The molecule has 0 amide bonds. The summed E-state index contributed by atoms with van der Waals surface area (Å²) in [6, 6.07) is 13.8. The number of benzene rings is 1. The smallest absolute Gasteiger partial charge is 0.271 e. The molecule has 3 aromatic heterocycles. The number of hydrogen-bond donors (Lipinski definition) is 0. The van der Waals surface area contributed by atoms with E-state index in [9.17, 15) is 4.79 Å². The number of aromatic nitrogens is 3. The molecule has 0 bridgehead atoms. The minimum Gasteiger partial charge on any atom is -0.294 e. The van der Waals surface area contributed by atoms with E-state index in [1.165, 1.54) is 11.3 Å². The Labute approximate surface area is 136 Å². The van der Waals surface area contributed by atoms with Crippen molar-refractivity contribution in [2.45, 2.75) is 6.54 Å². The number of hydrogen-bond acceptors (Lipinski definition) is 4. The molecule has 0 unspecified atom stereocenters. The van der Waals surface area contributed by atoms with Crippen LogP contribution in [-0.2, 0) is 6.54 Å². The van der Waals surface area contributed by atoms with E-state index in [1.54, 1.807) is 23.3 Å². The van der Waals surface area contributed by atoms with E-state index < -0.39 is 0 Å². The summed E-state index contributed by atoms with van der Waals surface area (Å²) in [5.41, 5.74) is 3.77. The summed E-state index contributed by atoms with van der Waals surface area (Å²) >= 11 is 1.44. The quantitative estimate of drug-likeness (QED) is 0.580. The first kappa shape index (κ1) is 13.8. The molecule has 0 aliphatic rings. The lowest BCUT2D eigenvalue weighted by Gasteiger charge is -2.05. The maximum Gasteiger partial charge on any atom is 0.271 e. The van der Waals surface area contributed by atoms with Gasteiger partial charge in [-0.1, -0.05) is 36.4 Å². The summed E-state index contributed by atoms with van der Waals surface area (Å²) in [6.45, 7) is 0.530. The molecule has 5 heteroatoms. The van der Waals surface area contributed by atoms with Crippen molar-refractivity contribution in [1.29, 1.82) is 0 Å². The van der Waals surface area contributed by atoms with Gasteiger partial charge in [-0.3, -0.25) is 14.3 Å². The van der Waals surface area contributed by atoms with Crippen LogP contribution in [-0.4, -0.2) is 14.5 Å². The van der Waals surface area contributed by atoms with Crippen molar-refractivity contribution in [1.82, 2.24) is 14.5 Å². The zero-order valence-corrected chi connectivity index (χ0v) is 13.0. The fourth-order valence-corrected chi connectivity index (χ4v) is 3.54. The van der Waals surface area contributed by atoms with Crippen molar-refractivity contribution >= 4 is 21.6 Å². The van der Waals surface area contributed by atoms with Gasteiger partial charge in [0.1, 0.15) is 4.70 Å². The van der Waals surface area contributed by atoms with Gasteiger partial charge in [-0.2, -0.15) is 0 Å². The molecule has 0 saturated heterocycles. The predicted molar refractivity (Wildman–Crippen MR) is 92.7 cm³/mol. The van der Waals surface area contributed by atoms with Crippen LogP contribution in [0.15, 0.2) is 71.4 Å². The summed E-state index contributed by atoms with van der Waals surface area (Å²) in [5, 5.41) is 1.98. The number of pyridine rings is 1. The van der Waals surface area contributed by atoms with E-state index >= 15 is 0 Å². The topological polar surface area (TPSA) is 47.8 Å². The standard InChI is InChI=1S/C18H13N3OS/c22-18-17-16(15(11-23-17)14-7-4-8-19-9-14)20-12-21(18)10-13-5-2-1-3-6-13/h1-9,11-12H,10H2. The first-order valence-corrected chi connectivity index (χ1v) is 8.12. The average Bonchev–Trinajstić information content (AvgIpc) is 3.04. The molecule has 0 aliphatic heterocycles. The third-order valence-corrected chi connectivity index (χ3v) is 4.67. The van der Waals surface area contributed by atoms with Crippen molar-refractivity contribution in [3.05, 3.63) is 82.5 Å². The monoisotopic (exact) mass is 319 g/mol. The van der Waals surface area contributed by atoms with Crippen molar-refractivity contribution in [2.75, 3.05) is 0 Å². The number of rotatable bonds is 3. The third kappa shape index (κ3) is 2.55. The summed E-state index contributed by atoms with van der Waals surface area (Å²) < 4.78 is 2.34. The van der Waals surface area contributed by atoms with Crippen molar-refractivity contribution < 1.29 is 0 Å². The Balaban J connectivity index is 1.80. The second-order valence-electron chi connectivity index (χ2n) is 5.23. The van der Waals surface area contributed by atoms with Gasteiger partial charge < -0.3 is 0 Å². The molecular formula is C18H13N3OS. The van der Waals surface area contributed by atoms with Crippen LogP contribution in [0.5, 0.6) is 0 Å². The molecule has 23 heavy (non-hydrogen) atoms. The van der Waals surface area contributed by atoms with Crippen LogP contribution < -0.4 is 5.56 Å². The minimum atomic E-state index is -0.000932. The second-order valence-corrected chi connectivity index (χ2v) is 6.11. The second kappa shape index (κ2) is 5.78. The molecule has 0 N–H and O–H groups in total. The van der Waals surface area contributed by atoms with E-state index in [4.69, 9.17) is 0 Å². The van der Waals surface area contributed by atoms with Crippen LogP contribution in [0.3, 0.4) is 0 Å². The van der Waals surface area contributed by atoms with Gasteiger partial charge in [0.2, 0.25) is 0 Å². The molecule has 4 nitrogen and oxygen atoms in total. The SMILES string of the molecule is O=c1c2scc(-c3cccnc3)c2ncn1Cc1ccccc1. The Bertz CT molecular complexity index is 1010. The molecule has 0 fully saturated rings. The highest BCUT2D eigenvalue weighted by Gasteiger charge is 2.12. The van der Waals surface area contributed by atoms with Gasteiger partial charge in [-0.05, 0) is 11.6 Å². The van der Waals surface area contributed by atoms with Gasteiger partial charge in [0.05, 0.1) is 18.4 Å². The summed E-state index contributed by atoms with van der Waals surface area (Å²) in [4.78, 5) is 21.4. The van der Waals surface area contributed by atoms with Gasteiger partial charge in [-0.25, -0.2) is 4.98 Å². The van der Waals surface area contributed by atoms with Crippen molar-refractivity contribution in [2.24, 2.45) is 0 Å². The highest BCUT2D eigenvalue weighted by molar-refractivity contribution is 7.17. The lowest BCUT2D eigenvalue weighted by molar-refractivity contribution is 0.750. The summed E-state index contributed by atoms with van der Waals surface area (Å²) in [5.74, 6) is 0. The fourth-order valence-electron chi connectivity index (χ4n) is 2.56. The Morgan fingerprint density at radius 2 is 1.96 bits per heavy atom. The van der Waals surface area contributed by atoms with Crippen molar-refractivity contribution in [3.8, 4) is 11.1 Å². The number of thiophene rings is 1. The molecule has 4 rings (SSSR count). The molecule has 0 spiro atoms. The van der Waals surface area contributed by atoms with E-state index in [2.05, 4.69) is 9.97 Å². The number of fused-ring (bicyclic) bond motifs is 1. The molecule has 0 atom stereocenters. The zero-order chi connectivity index (χ0) is 15.6. The van der Waals surface area contributed by atoms with Gasteiger partial charge in [-0.15, -0.1) is 11.3 Å². The lowest BCUT2D eigenvalue weighted by atomic mass is 10.1. The Hall–Kier alpha value is -2.79. The van der Waals surface area contributed by atoms with Crippen LogP contribution in [0.25, 0.3) is 21.3 Å². The highest BCUT2D eigenvalue weighted by Crippen LogP contribution is 2.29. The summed E-state index contributed by atoms with van der Waals surface area (Å²) in [7, 11) is 0. The third-order valence-electron chi connectivity index (χ3n) is 3.71. The Morgan fingerprint density at radius 3 is 2.74 bits per heavy atom. The Kier molecular flexibility index (Phi) is 3.48. The first-order valence-electron chi connectivity index (χ1n) is 7.24. The molecular weight excluding hydrogens is 306 g/mol. The summed E-state index contributed by atoms with van der Waals surface area (Å²) in [6.07, 6.45) is 5.15. The number of nitrogens with zero attached hydrogens (tertiary/aromatic N) is 3. The molecule has 4 aromatic rings. The van der Waals surface area contributed by atoms with Crippen LogP contribution >= 0.6 is 11.3 Å². The van der Waals surface area contributed by atoms with Gasteiger partial charge in [0.15, 0.2) is 0 Å². The molecule has 0 aliphatic carbocycles. The van der Waals surface area contributed by atoms with Gasteiger partial charge in [0, 0.05) is 28.9 Å². The van der Waals surface area contributed by atoms with Crippen LogP contribution in [0, 0.1) is 0 Å². The van der Waals surface area contributed by atoms with Gasteiger partial charge >= 0.3 is 0 Å². The van der Waals surface area contributed by atoms with E-state index in [1.807, 2.05) is 47.8 Å². The first-order chi connectivity index (χ1) is 11.3. The predicted octanol–water partition coefficient (Wildman–Crippen LogP) is 3.57. The van der Waals surface area contributed by atoms with Gasteiger partial charge in [0.25, 0.3) is 5.56 Å². The molecule has 0 saturated carbocycles. The maximum absolute atomic E-state index is 12.7. The van der Waals surface area contributed by atoms with Crippen LogP contribution in [0.4, 0.5) is 0 Å². The van der Waals surface area contributed by atoms with Crippen LogP contribution in [0.1, 0.15) is 5.56 Å². The normalized spacial score (nSPS) is 11.0. The highest BCUT2D eigenvalue weighted by atomic mass is 32.1. The van der Waals surface area contributed by atoms with Crippen molar-refractivity contribution in [3.63, 3.8) is 0 Å².